The Kier molecular flexibility index (Phi) is 11.1. The molecule has 0 unspecified atom stereocenters. The maximum absolute atomic E-state index is 15.4. The number of nitrogens with zero attached hydrogens (tertiary/aromatic N) is 1. The molecule has 7 nitrogen and oxygen atoms in total. The molecule has 1 fully saturated rings. The summed E-state index contributed by atoms with van der Waals surface area (Å²) < 4.78 is 87.4. The number of aryl methyl sites for hydroxylation is 1. The fourth-order valence-electron chi connectivity index (χ4n) is 6.28. The van der Waals surface area contributed by atoms with Gasteiger partial charge in [0.25, 0.3) is 0 Å². The zero-order chi connectivity index (χ0) is 35.3. The Morgan fingerprint density at radius 2 is 1.67 bits per heavy atom. The van der Waals surface area contributed by atoms with E-state index in [1.165, 1.54) is 34.6 Å². The summed E-state index contributed by atoms with van der Waals surface area (Å²) in [5.74, 6) is -2.90. The summed E-state index contributed by atoms with van der Waals surface area (Å²) in [5, 5.41) is 6.18. The second-order valence-electron chi connectivity index (χ2n) is 12.4. The number of alkyl halides is 3. The first-order valence-electron chi connectivity index (χ1n) is 16.0. The van der Waals surface area contributed by atoms with Crippen LogP contribution in [0.4, 0.5) is 23.2 Å². The molecule has 0 aliphatic carbocycles. The maximum atomic E-state index is 15.4. The van der Waals surface area contributed by atoms with E-state index in [1.54, 1.807) is 49.4 Å². The van der Waals surface area contributed by atoms with Crippen molar-refractivity contribution in [3.05, 3.63) is 125 Å². The second kappa shape index (κ2) is 15.1. The number of carbonyl (C=O) groups excluding carboxylic acids is 1. The number of rotatable bonds is 11. The van der Waals surface area contributed by atoms with Gasteiger partial charge in [-0.1, -0.05) is 73.2 Å². The molecular formula is C37H39F4N3O4S. The highest BCUT2D eigenvalue weighted by Gasteiger charge is 2.36. The summed E-state index contributed by atoms with van der Waals surface area (Å²) in [6.07, 6.45) is -4.47. The zero-order valence-electron chi connectivity index (χ0n) is 27.4. The van der Waals surface area contributed by atoms with Crippen LogP contribution in [0.15, 0.2) is 102 Å². The number of sulfonamides is 1. The van der Waals surface area contributed by atoms with Gasteiger partial charge in [0.1, 0.15) is 11.6 Å². The standard InChI is InChI=1S/C37H39F4N3O4S/c1-24-15-17-27(18-16-24)35(28-9-7-10-30(21-28)48-37(39,40)41)26(3)36(45)43-34-14-8-13-33(38)32(34)20-19-29-22-42-25(2)23-44(29)49(46,47)31-11-5-4-6-12-31/h4-18,21,25-26,29,35,42H,19-20,22-23H2,1-3H3,(H,43,45)/t25-,26+,29+,35+/m1/s1. The van der Waals surface area contributed by atoms with Crippen LogP contribution in [0.1, 0.15) is 48.4 Å². The number of anilines is 1. The summed E-state index contributed by atoms with van der Waals surface area (Å²) >= 11 is 0. The molecule has 0 radical (unpaired) electrons. The fourth-order valence-corrected chi connectivity index (χ4v) is 8.04. The van der Waals surface area contributed by atoms with E-state index in [2.05, 4.69) is 15.4 Å². The molecule has 1 aliphatic heterocycles. The maximum Gasteiger partial charge on any atom is 0.573 e. The molecule has 0 saturated carbocycles. The minimum atomic E-state index is -4.89. The van der Waals surface area contributed by atoms with Crippen LogP contribution in [-0.2, 0) is 21.2 Å². The van der Waals surface area contributed by atoms with Gasteiger partial charge in [0.2, 0.25) is 15.9 Å². The summed E-state index contributed by atoms with van der Waals surface area (Å²) in [6, 6.07) is 24.9. The van der Waals surface area contributed by atoms with E-state index in [9.17, 15) is 26.4 Å². The lowest BCUT2D eigenvalue weighted by molar-refractivity contribution is -0.274. The van der Waals surface area contributed by atoms with Crippen molar-refractivity contribution in [1.82, 2.24) is 9.62 Å². The number of nitrogens with one attached hydrogen (secondary N) is 2. The van der Waals surface area contributed by atoms with Gasteiger partial charge in [-0.2, -0.15) is 4.31 Å². The smallest absolute Gasteiger partial charge is 0.406 e. The predicted molar refractivity (Wildman–Crippen MR) is 180 cm³/mol. The third-order valence-electron chi connectivity index (χ3n) is 8.82. The zero-order valence-corrected chi connectivity index (χ0v) is 28.2. The molecule has 1 heterocycles. The minimum Gasteiger partial charge on any atom is -0.406 e. The quantitative estimate of drug-likeness (QED) is 0.159. The molecule has 49 heavy (non-hydrogen) atoms. The van der Waals surface area contributed by atoms with Crippen molar-refractivity contribution >= 4 is 21.6 Å². The SMILES string of the molecule is Cc1ccc([C@@H](c2cccc(OC(F)(F)F)c2)[C@H](C)C(=O)Nc2cccc(F)c2CC[C@H]2CN[C@H](C)CN2S(=O)(=O)c2ccccc2)cc1. The van der Waals surface area contributed by atoms with Crippen molar-refractivity contribution in [2.24, 2.45) is 5.92 Å². The molecule has 4 atom stereocenters. The summed E-state index contributed by atoms with van der Waals surface area (Å²) in [4.78, 5) is 14.1. The molecule has 260 valence electrons. The van der Waals surface area contributed by atoms with Crippen molar-refractivity contribution in [3.63, 3.8) is 0 Å². The van der Waals surface area contributed by atoms with Crippen LogP contribution in [-0.4, -0.2) is 50.2 Å². The van der Waals surface area contributed by atoms with Gasteiger partial charge in [0.05, 0.1) is 4.90 Å². The van der Waals surface area contributed by atoms with Gasteiger partial charge < -0.3 is 15.4 Å². The van der Waals surface area contributed by atoms with Crippen molar-refractivity contribution < 1.29 is 35.5 Å². The minimum absolute atomic E-state index is 0.0817. The molecule has 5 rings (SSSR count). The number of halogens is 4. The third-order valence-corrected chi connectivity index (χ3v) is 10.8. The monoisotopic (exact) mass is 697 g/mol. The molecule has 4 aromatic carbocycles. The molecule has 0 spiro atoms. The van der Waals surface area contributed by atoms with Crippen LogP contribution < -0.4 is 15.4 Å². The van der Waals surface area contributed by atoms with E-state index in [1.807, 2.05) is 38.1 Å². The first-order valence-corrected chi connectivity index (χ1v) is 17.5. The highest BCUT2D eigenvalue weighted by Crippen LogP contribution is 2.36. The van der Waals surface area contributed by atoms with E-state index in [-0.39, 0.29) is 41.6 Å². The van der Waals surface area contributed by atoms with Gasteiger partial charge in [-0.15, -0.1) is 13.2 Å². The van der Waals surface area contributed by atoms with Gasteiger partial charge in [-0.3, -0.25) is 4.79 Å². The Morgan fingerprint density at radius 3 is 2.37 bits per heavy atom. The van der Waals surface area contributed by atoms with Crippen LogP contribution >= 0.6 is 0 Å². The van der Waals surface area contributed by atoms with E-state index in [0.717, 1.165) is 5.56 Å². The number of hydrogen-bond donors (Lipinski definition) is 2. The van der Waals surface area contributed by atoms with Gasteiger partial charge in [0, 0.05) is 48.3 Å². The third kappa shape index (κ3) is 8.86. The van der Waals surface area contributed by atoms with Crippen LogP contribution in [0.2, 0.25) is 0 Å². The molecule has 1 saturated heterocycles. The summed E-state index contributed by atoms with van der Waals surface area (Å²) in [6.45, 7) is 6.08. The van der Waals surface area contributed by atoms with E-state index < -0.39 is 51.7 Å². The topological polar surface area (TPSA) is 87.7 Å². The highest BCUT2D eigenvalue weighted by atomic mass is 32.2. The van der Waals surface area contributed by atoms with Crippen LogP contribution in [0.5, 0.6) is 5.75 Å². The number of amides is 1. The number of hydrogen-bond acceptors (Lipinski definition) is 5. The first kappa shape index (κ1) is 36.0. The van der Waals surface area contributed by atoms with Gasteiger partial charge in [0.15, 0.2) is 0 Å². The van der Waals surface area contributed by atoms with E-state index in [4.69, 9.17) is 0 Å². The molecular weight excluding hydrogens is 658 g/mol. The summed E-state index contributed by atoms with van der Waals surface area (Å²) in [5.41, 5.74) is 2.58. The molecule has 0 bridgehead atoms. The molecule has 12 heteroatoms. The molecule has 1 amide bonds. The normalized spacial score (nSPS) is 18.4. The fraction of sp³-hybridized carbons (Fsp3) is 0.324. The average Bonchev–Trinajstić information content (AvgIpc) is 3.05. The summed E-state index contributed by atoms with van der Waals surface area (Å²) in [7, 11) is -3.82. The second-order valence-corrected chi connectivity index (χ2v) is 14.3. The van der Waals surface area contributed by atoms with Crippen molar-refractivity contribution in [2.75, 3.05) is 18.4 Å². The lowest BCUT2D eigenvalue weighted by atomic mass is 9.80. The predicted octanol–water partition coefficient (Wildman–Crippen LogP) is 7.42. The van der Waals surface area contributed by atoms with Crippen LogP contribution in [0, 0.1) is 18.7 Å². The van der Waals surface area contributed by atoms with Gasteiger partial charge in [-0.25, -0.2) is 12.8 Å². The Labute approximate surface area is 284 Å². The van der Waals surface area contributed by atoms with Crippen molar-refractivity contribution in [3.8, 4) is 5.75 Å². The number of carbonyl (C=O) groups is 1. The largest absolute Gasteiger partial charge is 0.573 e. The van der Waals surface area contributed by atoms with E-state index in [0.29, 0.717) is 17.7 Å². The van der Waals surface area contributed by atoms with Gasteiger partial charge >= 0.3 is 6.36 Å². The number of ether oxygens (including phenoxy) is 1. The Bertz CT molecular complexity index is 1850. The number of piperazine rings is 1. The first-order chi connectivity index (χ1) is 23.2. The Morgan fingerprint density at radius 1 is 0.980 bits per heavy atom. The highest BCUT2D eigenvalue weighted by molar-refractivity contribution is 7.89. The molecule has 2 N–H and O–H groups in total. The van der Waals surface area contributed by atoms with Crippen molar-refractivity contribution in [1.29, 1.82) is 0 Å². The molecule has 4 aromatic rings. The molecule has 0 aromatic heterocycles. The Hall–Kier alpha value is -4.26. The van der Waals surface area contributed by atoms with Crippen molar-refractivity contribution in [2.45, 2.75) is 62.9 Å². The molecule has 1 aliphatic rings. The van der Waals surface area contributed by atoms with Crippen LogP contribution in [0.25, 0.3) is 0 Å². The van der Waals surface area contributed by atoms with Crippen LogP contribution in [0.3, 0.4) is 0 Å². The Balaban J connectivity index is 1.39. The van der Waals surface area contributed by atoms with E-state index >= 15 is 4.39 Å². The average molecular weight is 698 g/mol. The van der Waals surface area contributed by atoms with Gasteiger partial charge in [-0.05, 0) is 74.2 Å². The lowest BCUT2D eigenvalue weighted by Crippen LogP contribution is -2.57. The number of benzene rings is 4. The lowest BCUT2D eigenvalue weighted by Gasteiger charge is -2.38.